The molecule has 69 valence electrons. The molecule has 2 rings (SSSR count). The van der Waals surface area contributed by atoms with Gasteiger partial charge in [-0.15, -0.1) is 0 Å². The van der Waals surface area contributed by atoms with Crippen LogP contribution in [-0.4, -0.2) is 0 Å². The van der Waals surface area contributed by atoms with E-state index in [9.17, 15) is 0 Å². The van der Waals surface area contributed by atoms with Gasteiger partial charge in [-0.3, -0.25) is 0 Å². The van der Waals surface area contributed by atoms with E-state index in [-0.39, 0.29) is 0 Å². The molecule has 0 atom stereocenters. The van der Waals surface area contributed by atoms with Gasteiger partial charge in [0.2, 0.25) is 0 Å². The number of nitrogens with two attached hydrogens (primary N) is 2. The fourth-order valence-corrected chi connectivity index (χ4v) is 1.37. The fraction of sp³-hybridized carbons (Fsp3) is 0. The molecule has 14 heavy (non-hydrogen) atoms. The standard InChI is InChI=1S/C12H11N2/c13-10-7-5-9(6-8-10)11-3-1-2-4-12(11)14/h1,3-8H,13-14H2. The molecule has 0 aliphatic rings. The Kier molecular flexibility index (Phi) is 2.11. The molecule has 0 unspecified atom stereocenters. The van der Waals surface area contributed by atoms with Gasteiger partial charge in [-0.05, 0) is 29.8 Å². The molecule has 0 spiro atoms. The molecule has 0 amide bonds. The van der Waals surface area contributed by atoms with Crippen LogP contribution in [-0.2, 0) is 0 Å². The summed E-state index contributed by atoms with van der Waals surface area (Å²) in [5, 5.41) is 0. The van der Waals surface area contributed by atoms with Gasteiger partial charge in [0.05, 0.1) is 0 Å². The van der Waals surface area contributed by atoms with Gasteiger partial charge in [0.15, 0.2) is 0 Å². The predicted molar refractivity (Wildman–Crippen MR) is 59.5 cm³/mol. The molecule has 1 radical (unpaired) electrons. The Morgan fingerprint density at radius 3 is 2.29 bits per heavy atom. The van der Waals surface area contributed by atoms with E-state index in [4.69, 9.17) is 11.5 Å². The van der Waals surface area contributed by atoms with Crippen LogP contribution < -0.4 is 11.5 Å². The second-order valence-electron chi connectivity index (χ2n) is 3.14. The van der Waals surface area contributed by atoms with Crippen molar-refractivity contribution in [2.24, 2.45) is 0 Å². The molecule has 2 aromatic carbocycles. The molecule has 2 aromatic rings. The molecular formula is C12H11N2. The zero-order chi connectivity index (χ0) is 9.97. The number of rotatable bonds is 1. The molecule has 0 saturated heterocycles. The molecule has 0 aromatic heterocycles. The summed E-state index contributed by atoms with van der Waals surface area (Å²) >= 11 is 0. The fourth-order valence-electron chi connectivity index (χ4n) is 1.37. The van der Waals surface area contributed by atoms with Crippen molar-refractivity contribution in [2.75, 3.05) is 11.5 Å². The van der Waals surface area contributed by atoms with Gasteiger partial charge in [0.1, 0.15) is 0 Å². The van der Waals surface area contributed by atoms with E-state index >= 15 is 0 Å². The van der Waals surface area contributed by atoms with Crippen molar-refractivity contribution in [3.05, 3.63) is 48.5 Å². The molecule has 0 heterocycles. The van der Waals surface area contributed by atoms with Crippen molar-refractivity contribution in [1.29, 1.82) is 0 Å². The maximum absolute atomic E-state index is 5.83. The lowest BCUT2D eigenvalue weighted by Crippen LogP contribution is -1.89. The van der Waals surface area contributed by atoms with Gasteiger partial charge in [-0.1, -0.05) is 24.3 Å². The highest BCUT2D eigenvalue weighted by Gasteiger charge is 2.00. The highest BCUT2D eigenvalue weighted by Crippen LogP contribution is 2.25. The summed E-state index contributed by atoms with van der Waals surface area (Å²) in [5.74, 6) is 0. The number of nitrogen functional groups attached to an aromatic ring is 2. The third-order valence-electron chi connectivity index (χ3n) is 2.12. The van der Waals surface area contributed by atoms with E-state index in [0.29, 0.717) is 0 Å². The van der Waals surface area contributed by atoms with Gasteiger partial charge < -0.3 is 11.5 Å². The first kappa shape index (κ1) is 8.63. The number of benzene rings is 2. The average Bonchev–Trinajstić information content (AvgIpc) is 2.20. The third kappa shape index (κ3) is 1.55. The van der Waals surface area contributed by atoms with E-state index in [2.05, 4.69) is 6.07 Å². The van der Waals surface area contributed by atoms with Crippen LogP contribution in [0.2, 0.25) is 0 Å². The quantitative estimate of drug-likeness (QED) is 0.666. The second-order valence-corrected chi connectivity index (χ2v) is 3.14. The number of hydrogen-bond donors (Lipinski definition) is 2. The van der Waals surface area contributed by atoms with Crippen molar-refractivity contribution < 1.29 is 0 Å². The monoisotopic (exact) mass is 183 g/mol. The van der Waals surface area contributed by atoms with Crippen molar-refractivity contribution in [2.45, 2.75) is 0 Å². The summed E-state index contributed by atoms with van der Waals surface area (Å²) in [6, 6.07) is 16.1. The van der Waals surface area contributed by atoms with E-state index in [0.717, 1.165) is 22.5 Å². The lowest BCUT2D eigenvalue weighted by Gasteiger charge is -2.04. The maximum Gasteiger partial charge on any atom is 0.0399 e. The van der Waals surface area contributed by atoms with Crippen LogP contribution in [0, 0.1) is 6.07 Å². The summed E-state index contributed by atoms with van der Waals surface area (Å²) in [7, 11) is 0. The molecule has 0 saturated carbocycles. The summed E-state index contributed by atoms with van der Waals surface area (Å²) in [6.07, 6.45) is 0. The Morgan fingerprint density at radius 1 is 0.929 bits per heavy atom. The van der Waals surface area contributed by atoms with Crippen molar-refractivity contribution in [3.8, 4) is 11.1 Å². The van der Waals surface area contributed by atoms with Gasteiger partial charge in [0.25, 0.3) is 0 Å². The SMILES string of the molecule is Nc1ccc(-c2cc[c]cc2N)cc1. The highest BCUT2D eigenvalue weighted by atomic mass is 14.6. The first-order valence-electron chi connectivity index (χ1n) is 4.39. The Balaban J connectivity index is 2.50. The van der Waals surface area contributed by atoms with Crippen LogP contribution in [0.25, 0.3) is 11.1 Å². The first-order valence-corrected chi connectivity index (χ1v) is 4.39. The summed E-state index contributed by atoms with van der Waals surface area (Å²) in [6.45, 7) is 0. The molecule has 2 nitrogen and oxygen atoms in total. The lowest BCUT2D eigenvalue weighted by molar-refractivity contribution is 1.60. The molecule has 0 aliphatic carbocycles. The van der Waals surface area contributed by atoms with E-state index < -0.39 is 0 Å². The molecule has 0 fully saturated rings. The van der Waals surface area contributed by atoms with Crippen molar-refractivity contribution in [1.82, 2.24) is 0 Å². The summed E-state index contributed by atoms with van der Waals surface area (Å²) in [4.78, 5) is 0. The summed E-state index contributed by atoms with van der Waals surface area (Å²) < 4.78 is 0. The van der Waals surface area contributed by atoms with Gasteiger partial charge >= 0.3 is 0 Å². The first-order chi connectivity index (χ1) is 6.77. The number of hydrogen-bond acceptors (Lipinski definition) is 2. The van der Waals surface area contributed by atoms with Crippen LogP contribution in [0.5, 0.6) is 0 Å². The maximum atomic E-state index is 5.83. The van der Waals surface area contributed by atoms with Crippen molar-refractivity contribution >= 4 is 11.4 Å². The lowest BCUT2D eigenvalue weighted by atomic mass is 10.0. The normalized spacial score (nSPS) is 10.0. The van der Waals surface area contributed by atoms with Crippen LogP contribution in [0.1, 0.15) is 0 Å². The molecular weight excluding hydrogens is 172 g/mol. The zero-order valence-electron chi connectivity index (χ0n) is 7.70. The molecule has 4 N–H and O–H groups in total. The van der Waals surface area contributed by atoms with Gasteiger partial charge in [-0.2, -0.15) is 0 Å². The van der Waals surface area contributed by atoms with Crippen molar-refractivity contribution in [3.63, 3.8) is 0 Å². The average molecular weight is 183 g/mol. The van der Waals surface area contributed by atoms with Crippen LogP contribution >= 0.6 is 0 Å². The Morgan fingerprint density at radius 2 is 1.64 bits per heavy atom. The minimum Gasteiger partial charge on any atom is -0.399 e. The largest absolute Gasteiger partial charge is 0.399 e. The summed E-state index contributed by atoms with van der Waals surface area (Å²) in [5.41, 5.74) is 15.0. The molecule has 0 aliphatic heterocycles. The van der Waals surface area contributed by atoms with Gasteiger partial charge in [0, 0.05) is 16.9 Å². The van der Waals surface area contributed by atoms with Crippen LogP contribution in [0.15, 0.2) is 42.5 Å². The smallest absolute Gasteiger partial charge is 0.0399 e. The van der Waals surface area contributed by atoms with Crippen LogP contribution in [0.4, 0.5) is 11.4 Å². The van der Waals surface area contributed by atoms with E-state index in [1.54, 1.807) is 6.07 Å². The minimum absolute atomic E-state index is 0.734. The minimum atomic E-state index is 0.734. The molecule has 2 heteroatoms. The zero-order valence-corrected chi connectivity index (χ0v) is 7.70. The van der Waals surface area contributed by atoms with E-state index in [1.165, 1.54) is 0 Å². The highest BCUT2D eigenvalue weighted by molar-refractivity contribution is 5.76. The van der Waals surface area contributed by atoms with E-state index in [1.807, 2.05) is 36.4 Å². The topological polar surface area (TPSA) is 52.0 Å². The Bertz CT molecular complexity index is 432. The second kappa shape index (κ2) is 3.42. The predicted octanol–water partition coefficient (Wildman–Crippen LogP) is 2.32. The van der Waals surface area contributed by atoms with Gasteiger partial charge in [-0.25, -0.2) is 0 Å². The Hall–Kier alpha value is -1.96. The van der Waals surface area contributed by atoms with Crippen LogP contribution in [0.3, 0.4) is 0 Å². The molecule has 0 bridgehead atoms. The number of anilines is 2. The Labute approximate surface area is 83.2 Å². The third-order valence-corrected chi connectivity index (χ3v) is 2.12.